The molecule has 6 rings (SSSR count). The van der Waals surface area contributed by atoms with Crippen molar-refractivity contribution in [1.29, 1.82) is 0 Å². The Morgan fingerprint density at radius 3 is 2.08 bits per heavy atom. The van der Waals surface area contributed by atoms with E-state index in [1.54, 1.807) is 9.80 Å². The van der Waals surface area contributed by atoms with Gasteiger partial charge in [-0.3, -0.25) is 4.90 Å². The molecule has 2 bridgehead atoms. The Hall–Kier alpha value is -4.59. The van der Waals surface area contributed by atoms with Crippen molar-refractivity contribution < 1.29 is 14.7 Å². The van der Waals surface area contributed by atoms with Gasteiger partial charge in [-0.25, -0.2) is 14.3 Å². The minimum Gasteiger partial charge on any atom is -0.480 e. The number of aryl methyl sites for hydroxylation is 1. The normalized spacial score (nSPS) is 20.2. The number of carbonyl (C=O) groups is 2. The van der Waals surface area contributed by atoms with Gasteiger partial charge in [-0.15, -0.1) is 0 Å². The van der Waals surface area contributed by atoms with Gasteiger partial charge in [0.1, 0.15) is 5.82 Å². The molecule has 3 heterocycles. The zero-order valence-corrected chi connectivity index (χ0v) is 21.8. The van der Waals surface area contributed by atoms with E-state index >= 15 is 0 Å². The third-order valence-electron chi connectivity index (χ3n) is 7.69. The second-order valence-corrected chi connectivity index (χ2v) is 10.2. The van der Waals surface area contributed by atoms with Crippen molar-refractivity contribution in [3.8, 4) is 0 Å². The number of rotatable bonds is 6. The van der Waals surface area contributed by atoms with Gasteiger partial charge in [0.25, 0.3) is 0 Å². The molecule has 39 heavy (non-hydrogen) atoms. The molecule has 2 aliphatic rings. The lowest BCUT2D eigenvalue weighted by Gasteiger charge is -2.47. The molecule has 4 aromatic rings. The van der Waals surface area contributed by atoms with E-state index < -0.39 is 12.0 Å². The maximum absolute atomic E-state index is 14.2. The van der Waals surface area contributed by atoms with E-state index in [0.717, 1.165) is 23.5 Å². The van der Waals surface area contributed by atoms with E-state index in [0.29, 0.717) is 30.9 Å². The average Bonchev–Trinajstić information content (AvgIpc) is 3.45. The van der Waals surface area contributed by atoms with Crippen molar-refractivity contribution in [3.05, 3.63) is 108 Å². The van der Waals surface area contributed by atoms with Crippen molar-refractivity contribution in [1.82, 2.24) is 14.7 Å². The summed E-state index contributed by atoms with van der Waals surface area (Å²) in [5, 5.41) is 15.3. The first-order valence-corrected chi connectivity index (χ1v) is 13.3. The van der Waals surface area contributed by atoms with E-state index in [4.69, 9.17) is 5.10 Å². The Bertz CT molecular complexity index is 1420. The molecule has 0 radical (unpaired) electrons. The van der Waals surface area contributed by atoms with Crippen molar-refractivity contribution in [3.63, 3.8) is 0 Å². The van der Waals surface area contributed by atoms with Crippen LogP contribution in [0.25, 0.3) is 0 Å². The second-order valence-electron chi connectivity index (χ2n) is 10.2. The van der Waals surface area contributed by atoms with Gasteiger partial charge in [-0.2, -0.15) is 5.10 Å². The molecular formula is C31H31N5O3. The number of carboxylic acids is 1. The van der Waals surface area contributed by atoms with Crippen molar-refractivity contribution in [2.75, 3.05) is 16.3 Å². The van der Waals surface area contributed by atoms with Crippen molar-refractivity contribution in [2.24, 2.45) is 0 Å². The Morgan fingerprint density at radius 2 is 1.49 bits per heavy atom. The van der Waals surface area contributed by atoms with Gasteiger partial charge < -0.3 is 14.9 Å². The summed E-state index contributed by atoms with van der Waals surface area (Å²) in [6.07, 6.45) is 1.50. The monoisotopic (exact) mass is 521 g/mol. The molecule has 2 saturated heterocycles. The smallest absolute Gasteiger partial charge is 0.329 e. The van der Waals surface area contributed by atoms with Crippen LogP contribution in [0.1, 0.15) is 24.1 Å². The van der Waals surface area contributed by atoms with Crippen LogP contribution in [0, 0.1) is 6.92 Å². The number of aromatic nitrogens is 2. The molecule has 3 atom stereocenters. The minimum atomic E-state index is -0.995. The number of anilines is 3. The first-order valence-electron chi connectivity index (χ1n) is 13.3. The lowest BCUT2D eigenvalue weighted by molar-refractivity contribution is -0.143. The highest BCUT2D eigenvalue weighted by Gasteiger charge is 2.52. The molecule has 2 amide bonds. The topological polar surface area (TPSA) is 81.9 Å². The molecule has 0 aliphatic carbocycles. The summed E-state index contributed by atoms with van der Waals surface area (Å²) < 4.78 is 1.96. The highest BCUT2D eigenvalue weighted by Crippen LogP contribution is 2.40. The van der Waals surface area contributed by atoms with Gasteiger partial charge in [0.05, 0.1) is 29.7 Å². The van der Waals surface area contributed by atoms with Gasteiger partial charge in [0.15, 0.2) is 6.04 Å². The predicted molar refractivity (Wildman–Crippen MR) is 150 cm³/mol. The number of likely N-dealkylation sites (tertiary alicyclic amines) is 1. The van der Waals surface area contributed by atoms with Crippen LogP contribution in [0.2, 0.25) is 0 Å². The summed E-state index contributed by atoms with van der Waals surface area (Å²) in [4.78, 5) is 32.5. The molecule has 0 saturated carbocycles. The molecule has 198 valence electrons. The Labute approximate surface area is 227 Å². The van der Waals surface area contributed by atoms with Crippen LogP contribution < -0.4 is 9.80 Å². The molecule has 1 N–H and O–H groups in total. The Balaban J connectivity index is 1.35. The number of aliphatic carboxylic acids is 1. The standard InChI is InChI=1S/C31H31N5O3/c1-22-19-28(34(32-22)20-23-11-5-2-6-12-23)36-26-17-18-27(36)29(30(37)38)33(21-26)31(39)35(24-13-7-3-8-14-24)25-15-9-4-10-16-25/h2-16,19,26-27,29H,17-18,20-21H2,1H3,(H,37,38)/t26?,27-,29+/m1/s1. The van der Waals surface area contributed by atoms with Crippen LogP contribution in [-0.4, -0.2) is 56.5 Å². The number of amides is 2. The fourth-order valence-electron chi connectivity index (χ4n) is 6.07. The number of carboxylic acid groups (broad SMARTS) is 1. The summed E-state index contributed by atoms with van der Waals surface area (Å²) >= 11 is 0. The number of para-hydroxylation sites is 2. The number of fused-ring (bicyclic) bond motifs is 2. The molecule has 1 unspecified atom stereocenters. The third-order valence-corrected chi connectivity index (χ3v) is 7.69. The van der Waals surface area contributed by atoms with Crippen LogP contribution in [0.3, 0.4) is 0 Å². The van der Waals surface area contributed by atoms with Gasteiger partial charge >= 0.3 is 12.0 Å². The maximum atomic E-state index is 14.2. The van der Waals surface area contributed by atoms with E-state index in [-0.39, 0.29) is 18.1 Å². The Kier molecular flexibility index (Phi) is 6.52. The summed E-state index contributed by atoms with van der Waals surface area (Å²) in [6, 6.07) is 29.3. The zero-order valence-electron chi connectivity index (χ0n) is 21.8. The SMILES string of the molecule is Cc1cc(N2C3CC[C@@H]2[C@@H](C(=O)O)N(C(=O)N(c2ccccc2)c2ccccc2)C3)n(Cc2ccccc2)n1. The minimum absolute atomic E-state index is 0.00595. The fourth-order valence-corrected chi connectivity index (χ4v) is 6.07. The van der Waals surface area contributed by atoms with Crippen molar-refractivity contribution in [2.45, 2.75) is 44.4 Å². The van der Waals surface area contributed by atoms with Gasteiger partial charge in [0.2, 0.25) is 0 Å². The number of nitrogens with zero attached hydrogens (tertiary/aromatic N) is 5. The largest absolute Gasteiger partial charge is 0.480 e. The third kappa shape index (κ3) is 4.63. The van der Waals surface area contributed by atoms with Crippen LogP contribution >= 0.6 is 0 Å². The van der Waals surface area contributed by atoms with E-state index in [1.807, 2.05) is 96.5 Å². The number of hydrogen-bond donors (Lipinski definition) is 1. The number of carbonyl (C=O) groups excluding carboxylic acids is 1. The molecule has 0 spiro atoms. The molecule has 8 nitrogen and oxygen atoms in total. The summed E-state index contributed by atoms with van der Waals surface area (Å²) in [5.41, 5.74) is 3.40. The lowest BCUT2D eigenvalue weighted by Crippen LogP contribution is -2.65. The van der Waals surface area contributed by atoms with E-state index in [2.05, 4.69) is 17.0 Å². The van der Waals surface area contributed by atoms with Crippen LogP contribution in [0.4, 0.5) is 22.0 Å². The maximum Gasteiger partial charge on any atom is 0.329 e. The number of urea groups is 1. The zero-order chi connectivity index (χ0) is 26.9. The van der Waals surface area contributed by atoms with Crippen LogP contribution in [-0.2, 0) is 11.3 Å². The van der Waals surface area contributed by atoms with Crippen LogP contribution in [0.15, 0.2) is 97.1 Å². The number of piperazine rings is 1. The highest BCUT2D eigenvalue weighted by molar-refractivity contribution is 6.01. The molecule has 8 heteroatoms. The number of hydrogen-bond acceptors (Lipinski definition) is 4. The van der Waals surface area contributed by atoms with Gasteiger partial charge in [0, 0.05) is 18.7 Å². The highest BCUT2D eigenvalue weighted by atomic mass is 16.4. The number of benzene rings is 3. The second kappa shape index (κ2) is 10.3. The molecular weight excluding hydrogens is 490 g/mol. The predicted octanol–water partition coefficient (Wildman–Crippen LogP) is 5.30. The lowest BCUT2D eigenvalue weighted by atomic mass is 10.0. The van der Waals surface area contributed by atoms with E-state index in [1.165, 1.54) is 0 Å². The molecule has 3 aromatic carbocycles. The summed E-state index contributed by atoms with van der Waals surface area (Å²) in [6.45, 7) is 2.87. The van der Waals surface area contributed by atoms with Gasteiger partial charge in [-0.1, -0.05) is 66.7 Å². The van der Waals surface area contributed by atoms with Crippen molar-refractivity contribution >= 4 is 29.2 Å². The Morgan fingerprint density at radius 1 is 0.897 bits per heavy atom. The summed E-state index contributed by atoms with van der Waals surface area (Å²) in [5.74, 6) is -0.0872. The van der Waals surface area contributed by atoms with Crippen LogP contribution in [0.5, 0.6) is 0 Å². The molecule has 2 fully saturated rings. The fraction of sp³-hybridized carbons (Fsp3) is 0.258. The molecule has 1 aromatic heterocycles. The molecule has 2 aliphatic heterocycles. The first-order chi connectivity index (χ1) is 19.0. The van der Waals surface area contributed by atoms with Gasteiger partial charge in [-0.05, 0) is 49.6 Å². The quantitative estimate of drug-likeness (QED) is 0.372. The first kappa shape index (κ1) is 24.7. The average molecular weight is 522 g/mol. The summed E-state index contributed by atoms with van der Waals surface area (Å²) in [7, 11) is 0. The van der Waals surface area contributed by atoms with E-state index in [9.17, 15) is 14.7 Å².